The summed E-state index contributed by atoms with van der Waals surface area (Å²) in [6.45, 7) is 2.05. The number of furan rings is 1. The maximum absolute atomic E-state index is 12.4. The molecule has 2 aromatic heterocycles. The van der Waals surface area contributed by atoms with Crippen LogP contribution in [-0.2, 0) is 11.3 Å². The summed E-state index contributed by atoms with van der Waals surface area (Å²) in [7, 11) is 0. The summed E-state index contributed by atoms with van der Waals surface area (Å²) in [5, 5.41) is 12.6. The minimum Gasteiger partial charge on any atom is -0.467 e. The van der Waals surface area contributed by atoms with Gasteiger partial charge < -0.3 is 14.6 Å². The summed E-state index contributed by atoms with van der Waals surface area (Å²) in [5.74, 6) is 1.77. The molecule has 0 spiro atoms. The van der Waals surface area contributed by atoms with E-state index in [0.29, 0.717) is 6.54 Å². The molecule has 1 N–H and O–H groups in total. The number of rotatable bonds is 6. The molecule has 0 aliphatic carbocycles. The molecule has 0 radical (unpaired) electrons. The molecule has 3 heterocycles. The normalized spacial score (nSPS) is 14.8. The van der Waals surface area contributed by atoms with E-state index >= 15 is 0 Å². The number of aromatic nitrogens is 2. The van der Waals surface area contributed by atoms with Crippen LogP contribution in [0, 0.1) is 5.92 Å². The minimum atomic E-state index is 0.0343. The van der Waals surface area contributed by atoms with E-state index in [9.17, 15) is 4.79 Å². The highest BCUT2D eigenvalue weighted by Crippen LogP contribution is 2.27. The van der Waals surface area contributed by atoms with E-state index in [4.69, 9.17) is 4.42 Å². The molecule has 7 heteroatoms. The van der Waals surface area contributed by atoms with Crippen LogP contribution in [0.2, 0.25) is 0 Å². The van der Waals surface area contributed by atoms with E-state index in [1.807, 2.05) is 42.5 Å². The molecule has 1 aromatic carbocycles. The molecule has 6 nitrogen and oxygen atoms in total. The molecule has 28 heavy (non-hydrogen) atoms. The summed E-state index contributed by atoms with van der Waals surface area (Å²) in [6.07, 6.45) is 3.24. The lowest BCUT2D eigenvalue weighted by Crippen LogP contribution is -2.40. The van der Waals surface area contributed by atoms with Gasteiger partial charge in [-0.3, -0.25) is 4.79 Å². The number of hydrogen-bond donors (Lipinski definition) is 1. The van der Waals surface area contributed by atoms with Gasteiger partial charge in [0.05, 0.1) is 12.8 Å². The van der Waals surface area contributed by atoms with Crippen molar-refractivity contribution in [3.63, 3.8) is 0 Å². The highest BCUT2D eigenvalue weighted by atomic mass is 32.2. The minimum absolute atomic E-state index is 0.0343. The Balaban J connectivity index is 1.27. The van der Waals surface area contributed by atoms with Gasteiger partial charge in [0, 0.05) is 23.9 Å². The summed E-state index contributed by atoms with van der Waals surface area (Å²) < 4.78 is 5.25. The van der Waals surface area contributed by atoms with Crippen LogP contribution in [0.1, 0.15) is 18.6 Å². The fourth-order valence-corrected chi connectivity index (χ4v) is 4.00. The average Bonchev–Trinajstić information content (AvgIpc) is 3.27. The fraction of sp³-hybridized carbons (Fsp3) is 0.286. The largest absolute Gasteiger partial charge is 0.467 e. The van der Waals surface area contributed by atoms with Crippen LogP contribution in [0.25, 0.3) is 0 Å². The second-order valence-corrected chi connectivity index (χ2v) is 7.80. The molecule has 144 valence electrons. The second kappa shape index (κ2) is 8.93. The van der Waals surface area contributed by atoms with Crippen molar-refractivity contribution in [2.45, 2.75) is 29.3 Å². The number of carbonyl (C=O) groups excluding carboxylic acids is 1. The molecule has 1 amide bonds. The number of hydrogen-bond acceptors (Lipinski definition) is 6. The van der Waals surface area contributed by atoms with Crippen molar-refractivity contribution in [1.29, 1.82) is 0 Å². The predicted molar refractivity (Wildman–Crippen MR) is 108 cm³/mol. The summed E-state index contributed by atoms with van der Waals surface area (Å²) in [5.41, 5.74) is 0. The van der Waals surface area contributed by atoms with Gasteiger partial charge in [-0.1, -0.05) is 30.0 Å². The molecule has 0 saturated carbocycles. The molecule has 1 fully saturated rings. The Morgan fingerprint density at radius 2 is 1.89 bits per heavy atom. The Hall–Kier alpha value is -2.80. The first-order valence-corrected chi connectivity index (χ1v) is 10.2. The van der Waals surface area contributed by atoms with Crippen molar-refractivity contribution in [3.05, 3.63) is 66.6 Å². The van der Waals surface area contributed by atoms with Crippen LogP contribution in [0.5, 0.6) is 0 Å². The van der Waals surface area contributed by atoms with Crippen molar-refractivity contribution in [1.82, 2.24) is 15.5 Å². The van der Waals surface area contributed by atoms with Crippen LogP contribution in [0.4, 0.5) is 5.82 Å². The molecule has 1 aliphatic heterocycles. The fourth-order valence-electron chi connectivity index (χ4n) is 3.25. The molecule has 1 saturated heterocycles. The van der Waals surface area contributed by atoms with Crippen molar-refractivity contribution >= 4 is 23.5 Å². The smallest absolute Gasteiger partial charge is 0.223 e. The van der Waals surface area contributed by atoms with Crippen LogP contribution >= 0.6 is 11.8 Å². The molecule has 1 aliphatic rings. The first-order chi connectivity index (χ1) is 13.8. The summed E-state index contributed by atoms with van der Waals surface area (Å²) in [4.78, 5) is 15.7. The van der Waals surface area contributed by atoms with E-state index in [1.165, 1.54) is 0 Å². The highest BCUT2D eigenvalue weighted by molar-refractivity contribution is 7.99. The lowest BCUT2D eigenvalue weighted by Gasteiger charge is -2.31. The number of anilines is 1. The lowest BCUT2D eigenvalue weighted by atomic mass is 9.96. The van der Waals surface area contributed by atoms with E-state index in [2.05, 4.69) is 32.5 Å². The monoisotopic (exact) mass is 394 g/mol. The number of amides is 1. The zero-order valence-corrected chi connectivity index (χ0v) is 16.3. The predicted octanol–water partition coefficient (Wildman–Crippen LogP) is 3.75. The van der Waals surface area contributed by atoms with Gasteiger partial charge in [0.15, 0.2) is 5.82 Å². The molecule has 4 rings (SSSR count). The number of piperidine rings is 1. The van der Waals surface area contributed by atoms with Crippen molar-refractivity contribution in [2.24, 2.45) is 5.92 Å². The zero-order valence-electron chi connectivity index (χ0n) is 15.5. The van der Waals surface area contributed by atoms with E-state index in [-0.39, 0.29) is 11.8 Å². The number of nitrogens with zero attached hydrogens (tertiary/aromatic N) is 3. The van der Waals surface area contributed by atoms with Crippen molar-refractivity contribution in [3.8, 4) is 0 Å². The van der Waals surface area contributed by atoms with Crippen LogP contribution in [-0.4, -0.2) is 29.2 Å². The number of benzene rings is 1. The SMILES string of the molecule is O=C(NCc1ccco1)C1CCN(c2ccc(Sc3ccccc3)nn2)CC1. The first kappa shape index (κ1) is 18.6. The van der Waals surface area contributed by atoms with Crippen LogP contribution < -0.4 is 10.2 Å². The Morgan fingerprint density at radius 3 is 2.57 bits per heavy atom. The Bertz CT molecular complexity index is 877. The molecule has 0 bridgehead atoms. The van der Waals surface area contributed by atoms with Gasteiger partial charge in [-0.05, 0) is 49.2 Å². The van der Waals surface area contributed by atoms with Gasteiger partial charge in [0.25, 0.3) is 0 Å². The molecular formula is C21H22N4O2S. The maximum atomic E-state index is 12.4. The van der Waals surface area contributed by atoms with Gasteiger partial charge in [-0.25, -0.2) is 0 Å². The van der Waals surface area contributed by atoms with E-state index in [0.717, 1.165) is 47.4 Å². The topological polar surface area (TPSA) is 71.3 Å². The first-order valence-electron chi connectivity index (χ1n) is 9.39. The molecule has 0 unspecified atom stereocenters. The van der Waals surface area contributed by atoms with Gasteiger partial charge >= 0.3 is 0 Å². The Labute approximate surface area is 168 Å². The summed E-state index contributed by atoms with van der Waals surface area (Å²) >= 11 is 1.60. The third kappa shape index (κ3) is 4.72. The lowest BCUT2D eigenvalue weighted by molar-refractivity contribution is -0.125. The van der Waals surface area contributed by atoms with Gasteiger partial charge in [-0.15, -0.1) is 10.2 Å². The number of nitrogens with one attached hydrogen (secondary N) is 1. The molecule has 0 atom stereocenters. The van der Waals surface area contributed by atoms with E-state index in [1.54, 1.807) is 18.0 Å². The van der Waals surface area contributed by atoms with Gasteiger partial charge in [-0.2, -0.15) is 0 Å². The molecule has 3 aromatic rings. The number of carbonyl (C=O) groups is 1. The Morgan fingerprint density at radius 1 is 1.07 bits per heavy atom. The molecular weight excluding hydrogens is 372 g/mol. The van der Waals surface area contributed by atoms with Crippen molar-refractivity contribution in [2.75, 3.05) is 18.0 Å². The van der Waals surface area contributed by atoms with Crippen molar-refractivity contribution < 1.29 is 9.21 Å². The van der Waals surface area contributed by atoms with Gasteiger partial charge in [0.2, 0.25) is 5.91 Å². The maximum Gasteiger partial charge on any atom is 0.223 e. The standard InChI is InChI=1S/C21H22N4O2S/c26-21(22-15-17-5-4-14-27-17)16-10-12-25(13-11-16)19-8-9-20(24-23-19)28-18-6-2-1-3-7-18/h1-9,14,16H,10-13,15H2,(H,22,26). The quantitative estimate of drug-likeness (QED) is 0.687. The highest BCUT2D eigenvalue weighted by Gasteiger charge is 2.25. The van der Waals surface area contributed by atoms with Gasteiger partial charge in [0.1, 0.15) is 10.8 Å². The third-order valence-corrected chi connectivity index (χ3v) is 5.73. The second-order valence-electron chi connectivity index (χ2n) is 6.70. The summed E-state index contributed by atoms with van der Waals surface area (Å²) in [6, 6.07) is 17.8. The van der Waals surface area contributed by atoms with Crippen LogP contribution in [0.3, 0.4) is 0 Å². The van der Waals surface area contributed by atoms with E-state index < -0.39 is 0 Å². The average molecular weight is 395 g/mol. The van der Waals surface area contributed by atoms with Crippen LogP contribution in [0.15, 0.2) is 75.2 Å². The Kier molecular flexibility index (Phi) is 5.92. The zero-order chi connectivity index (χ0) is 19.2. The third-order valence-electron chi connectivity index (χ3n) is 4.80.